The molecule has 5 rings (SSSR count). The number of sulfonamides is 1. The molecule has 0 saturated carbocycles. The first-order valence-electron chi connectivity index (χ1n) is 12.8. The molecule has 4 heterocycles. The van der Waals surface area contributed by atoms with Crippen molar-refractivity contribution in [2.45, 2.75) is 38.5 Å². The molecule has 0 unspecified atom stereocenters. The molecule has 0 amide bonds. The van der Waals surface area contributed by atoms with E-state index in [1.807, 2.05) is 42.6 Å². The number of nitrogens with one attached hydrogen (secondary N) is 1. The highest BCUT2D eigenvalue weighted by molar-refractivity contribution is 7.93. The first-order valence-corrected chi connectivity index (χ1v) is 14.4. The minimum atomic E-state index is -4.18. The van der Waals surface area contributed by atoms with E-state index < -0.39 is 21.4 Å². The molecule has 0 fully saturated rings. The van der Waals surface area contributed by atoms with E-state index in [-0.39, 0.29) is 34.8 Å². The van der Waals surface area contributed by atoms with Gasteiger partial charge in [0.2, 0.25) is 16.0 Å². The molecule has 1 aromatic carbocycles. The fourth-order valence-corrected chi connectivity index (χ4v) is 5.71. The van der Waals surface area contributed by atoms with E-state index in [9.17, 15) is 13.5 Å². The lowest BCUT2D eigenvalue weighted by Gasteiger charge is -2.22. The SMILES string of the molecule is CCc1nc2ccccn2c1-c1nnc(NS(=O)(=O)[C@@H](C)[C@H](OC)c2ncc(C)cn2)n1-c1c(O)cccc1OC. The van der Waals surface area contributed by atoms with Crippen LogP contribution in [0.5, 0.6) is 11.5 Å². The van der Waals surface area contributed by atoms with Gasteiger partial charge in [-0.3, -0.25) is 13.7 Å². The van der Waals surface area contributed by atoms with Crippen LogP contribution in [0, 0.1) is 6.92 Å². The van der Waals surface area contributed by atoms with Crippen molar-refractivity contribution in [1.82, 2.24) is 34.1 Å². The number of imidazole rings is 1. The molecule has 214 valence electrons. The molecular weight excluding hydrogens is 548 g/mol. The van der Waals surface area contributed by atoms with Crippen LogP contribution in [-0.4, -0.2) is 67.1 Å². The normalized spacial score (nSPS) is 13.3. The van der Waals surface area contributed by atoms with E-state index in [2.05, 4.69) is 24.9 Å². The van der Waals surface area contributed by atoms with Gasteiger partial charge in [0.15, 0.2) is 11.6 Å². The van der Waals surface area contributed by atoms with Gasteiger partial charge in [-0.25, -0.2) is 23.4 Å². The summed E-state index contributed by atoms with van der Waals surface area (Å²) in [4.78, 5) is 13.2. The number of pyridine rings is 1. The Morgan fingerprint density at radius 1 is 1.07 bits per heavy atom. The molecule has 0 bridgehead atoms. The summed E-state index contributed by atoms with van der Waals surface area (Å²) in [6, 6.07) is 10.3. The molecule has 0 aliphatic carbocycles. The monoisotopic (exact) mass is 578 g/mol. The van der Waals surface area contributed by atoms with Gasteiger partial charge in [-0.1, -0.05) is 19.1 Å². The minimum Gasteiger partial charge on any atom is -0.506 e. The summed E-state index contributed by atoms with van der Waals surface area (Å²) >= 11 is 0. The molecule has 0 aliphatic heterocycles. The molecular formula is C27H30N8O5S. The van der Waals surface area contributed by atoms with E-state index in [0.29, 0.717) is 23.5 Å². The van der Waals surface area contributed by atoms with E-state index >= 15 is 0 Å². The van der Waals surface area contributed by atoms with Gasteiger partial charge < -0.3 is 14.6 Å². The number of methoxy groups -OCH3 is 2. The number of hydrogen-bond acceptors (Lipinski definition) is 10. The zero-order chi connectivity index (χ0) is 29.3. The Kier molecular flexibility index (Phi) is 7.60. The first-order chi connectivity index (χ1) is 19.7. The topological polar surface area (TPSA) is 159 Å². The summed E-state index contributed by atoms with van der Waals surface area (Å²) in [7, 11) is -1.34. The standard InChI is InChI=1S/C27H30N8O5S/c1-6-18-22(34-13-8-7-12-21(34)30-18)26-31-32-27(35(26)23-19(36)10-9-11-20(23)39-4)33-41(37,38)17(3)24(40-5)25-28-14-16(2)15-29-25/h7-15,17,24,36H,6H2,1-5H3,(H,32,33)/t17-,24-/m0/s1. The molecule has 41 heavy (non-hydrogen) atoms. The van der Waals surface area contributed by atoms with Crippen molar-refractivity contribution in [3.63, 3.8) is 0 Å². The van der Waals surface area contributed by atoms with E-state index in [4.69, 9.17) is 14.5 Å². The van der Waals surface area contributed by atoms with Gasteiger partial charge in [0.05, 0.1) is 12.8 Å². The Bertz CT molecular complexity index is 1800. The number of benzene rings is 1. The second-order valence-corrected chi connectivity index (χ2v) is 11.4. The average Bonchev–Trinajstić information content (AvgIpc) is 3.54. The quantitative estimate of drug-likeness (QED) is 0.251. The van der Waals surface area contributed by atoms with Crippen molar-refractivity contribution >= 4 is 21.6 Å². The van der Waals surface area contributed by atoms with Gasteiger partial charge in [0, 0.05) is 25.7 Å². The Morgan fingerprint density at radius 2 is 1.83 bits per heavy atom. The van der Waals surface area contributed by atoms with E-state index in [1.54, 1.807) is 24.5 Å². The molecule has 0 radical (unpaired) electrons. The molecule has 13 nitrogen and oxygen atoms in total. The number of phenols is 1. The van der Waals surface area contributed by atoms with Gasteiger partial charge >= 0.3 is 0 Å². The summed E-state index contributed by atoms with van der Waals surface area (Å²) in [5.41, 5.74) is 2.95. The second-order valence-electron chi connectivity index (χ2n) is 9.33. The highest BCUT2D eigenvalue weighted by Crippen LogP contribution is 2.38. The number of phenolic OH excluding ortho intramolecular Hbond substituents is 1. The molecule has 5 aromatic rings. The maximum atomic E-state index is 13.8. The maximum Gasteiger partial charge on any atom is 0.243 e. The third-order valence-electron chi connectivity index (χ3n) is 6.69. The highest BCUT2D eigenvalue weighted by Gasteiger charge is 2.35. The van der Waals surface area contributed by atoms with Crippen LogP contribution in [-0.2, 0) is 21.2 Å². The number of aryl methyl sites for hydroxylation is 2. The number of fused-ring (bicyclic) bond motifs is 1. The Balaban J connectivity index is 1.68. The minimum absolute atomic E-state index is 0.151. The second kappa shape index (κ2) is 11.1. The summed E-state index contributed by atoms with van der Waals surface area (Å²) in [5, 5.41) is 18.5. The first kappa shape index (κ1) is 28.0. The molecule has 4 aromatic heterocycles. The predicted octanol–water partition coefficient (Wildman–Crippen LogP) is 3.47. The average molecular weight is 579 g/mol. The van der Waals surface area contributed by atoms with Gasteiger partial charge in [0.1, 0.15) is 39.9 Å². The van der Waals surface area contributed by atoms with Crippen molar-refractivity contribution < 1.29 is 23.0 Å². The van der Waals surface area contributed by atoms with Crippen LogP contribution in [0.25, 0.3) is 22.9 Å². The van der Waals surface area contributed by atoms with Crippen molar-refractivity contribution in [3.8, 4) is 28.7 Å². The summed E-state index contributed by atoms with van der Waals surface area (Å²) in [6.07, 6.45) is 4.60. The molecule has 2 N–H and O–H groups in total. The molecule has 2 atom stereocenters. The van der Waals surface area contributed by atoms with Crippen LogP contribution >= 0.6 is 0 Å². The predicted molar refractivity (Wildman–Crippen MR) is 152 cm³/mol. The number of hydrogen-bond donors (Lipinski definition) is 2. The number of nitrogens with zero attached hydrogens (tertiary/aromatic N) is 7. The van der Waals surface area contributed by atoms with Gasteiger partial charge in [-0.05, 0) is 50.1 Å². The maximum absolute atomic E-state index is 13.8. The van der Waals surface area contributed by atoms with Crippen molar-refractivity contribution in [3.05, 3.63) is 72.1 Å². The largest absolute Gasteiger partial charge is 0.506 e. The third-order valence-corrected chi connectivity index (χ3v) is 8.38. The van der Waals surface area contributed by atoms with Crippen molar-refractivity contribution in [2.75, 3.05) is 18.9 Å². The van der Waals surface area contributed by atoms with Gasteiger partial charge in [-0.15, -0.1) is 10.2 Å². The fraction of sp³-hybridized carbons (Fsp3) is 0.296. The van der Waals surface area contributed by atoms with Crippen molar-refractivity contribution in [2.24, 2.45) is 0 Å². The Hall–Kier alpha value is -4.56. The van der Waals surface area contributed by atoms with Crippen LogP contribution in [0.4, 0.5) is 5.95 Å². The molecule has 0 saturated heterocycles. The highest BCUT2D eigenvalue weighted by atomic mass is 32.2. The van der Waals surface area contributed by atoms with Gasteiger partial charge in [0.25, 0.3) is 0 Å². The molecule has 0 spiro atoms. The number of aromatic nitrogens is 7. The lowest BCUT2D eigenvalue weighted by Crippen LogP contribution is -2.33. The zero-order valence-corrected chi connectivity index (χ0v) is 24.0. The zero-order valence-electron chi connectivity index (χ0n) is 23.2. The Morgan fingerprint density at radius 3 is 2.51 bits per heavy atom. The fourth-order valence-electron chi connectivity index (χ4n) is 4.58. The lowest BCUT2D eigenvalue weighted by atomic mass is 10.2. The van der Waals surface area contributed by atoms with E-state index in [0.717, 1.165) is 5.56 Å². The number of ether oxygens (including phenoxy) is 2. The summed E-state index contributed by atoms with van der Waals surface area (Å²) < 4.78 is 44.4. The summed E-state index contributed by atoms with van der Waals surface area (Å²) in [6.45, 7) is 5.27. The number of rotatable bonds is 10. The molecule has 14 heteroatoms. The van der Waals surface area contributed by atoms with Gasteiger partial charge in [-0.2, -0.15) is 0 Å². The number of anilines is 1. The third kappa shape index (κ3) is 5.07. The van der Waals surface area contributed by atoms with Crippen LogP contribution in [0.2, 0.25) is 0 Å². The van der Waals surface area contributed by atoms with Crippen LogP contribution in [0.1, 0.15) is 37.0 Å². The Labute approximate surface area is 236 Å². The lowest BCUT2D eigenvalue weighted by molar-refractivity contribution is 0.0949. The summed E-state index contributed by atoms with van der Waals surface area (Å²) in [5.74, 6) is 0.400. The van der Waals surface area contributed by atoms with Crippen LogP contribution < -0.4 is 9.46 Å². The number of aromatic hydroxyl groups is 1. The van der Waals surface area contributed by atoms with Crippen molar-refractivity contribution in [1.29, 1.82) is 0 Å². The number of para-hydroxylation sites is 1. The van der Waals surface area contributed by atoms with Crippen LogP contribution in [0.3, 0.4) is 0 Å². The van der Waals surface area contributed by atoms with Crippen LogP contribution in [0.15, 0.2) is 55.0 Å². The smallest absolute Gasteiger partial charge is 0.243 e. The molecule has 0 aliphatic rings. The van der Waals surface area contributed by atoms with E-state index in [1.165, 1.54) is 31.8 Å².